The molecule has 0 bridgehead atoms. The number of unbranched alkanes of at least 4 members (excludes halogenated alkanes) is 19. The Morgan fingerprint density at radius 3 is 1.67 bits per heavy atom. The molecule has 55 heavy (non-hydrogen) atoms. The molecule has 4 N–H and O–H groups in total. The minimum absolute atomic E-state index is 0.205. The molecule has 0 radical (unpaired) electrons. The lowest BCUT2D eigenvalue weighted by atomic mass is 9.99. The minimum Gasteiger partial charge on any atom is -0.462 e. The Labute approximate surface area is 333 Å². The second-order valence-electron chi connectivity index (χ2n) is 14.9. The number of allylic oxidation sites excluding steroid dienone is 5. The summed E-state index contributed by atoms with van der Waals surface area (Å²) >= 11 is 0. The zero-order chi connectivity index (χ0) is 40.2. The first kappa shape index (κ1) is 50.7. The van der Waals surface area contributed by atoms with Crippen LogP contribution in [0.3, 0.4) is 0 Å². The number of rotatable bonds is 35. The van der Waals surface area contributed by atoms with Crippen LogP contribution in [0.1, 0.15) is 174 Å². The van der Waals surface area contributed by atoms with E-state index in [-0.39, 0.29) is 26.1 Å². The molecule has 1 rings (SSSR count). The Kier molecular flexibility index (Phi) is 33.3. The van der Waals surface area contributed by atoms with E-state index in [4.69, 9.17) is 18.9 Å². The highest BCUT2D eigenvalue weighted by atomic mass is 16.7. The van der Waals surface area contributed by atoms with E-state index in [0.717, 1.165) is 77.0 Å². The molecule has 10 nitrogen and oxygen atoms in total. The van der Waals surface area contributed by atoms with Crippen molar-refractivity contribution in [1.82, 2.24) is 0 Å². The first-order valence-electron chi connectivity index (χ1n) is 21.8. The SMILES string of the molecule is CCCCCC/C=C/C=C/CCCCCCCC(=O)OC[C@@H](CO[C@H]1O[C@@H](CO)[C@@H](O)C(O)C1O)OC(=O)CCCCCCCC=C=CCCCCCCC. The van der Waals surface area contributed by atoms with E-state index >= 15 is 0 Å². The van der Waals surface area contributed by atoms with Crippen molar-refractivity contribution >= 4 is 11.9 Å². The average Bonchev–Trinajstić information content (AvgIpc) is 3.18. The van der Waals surface area contributed by atoms with Crippen molar-refractivity contribution in [3.63, 3.8) is 0 Å². The second kappa shape index (κ2) is 36.1. The van der Waals surface area contributed by atoms with Gasteiger partial charge in [0.05, 0.1) is 13.2 Å². The van der Waals surface area contributed by atoms with E-state index in [1.54, 1.807) is 0 Å². The third kappa shape index (κ3) is 27.9. The smallest absolute Gasteiger partial charge is 0.306 e. The van der Waals surface area contributed by atoms with Gasteiger partial charge in [0, 0.05) is 12.8 Å². The van der Waals surface area contributed by atoms with E-state index in [0.29, 0.717) is 12.8 Å². The zero-order valence-electron chi connectivity index (χ0n) is 34.5. The van der Waals surface area contributed by atoms with Crippen molar-refractivity contribution in [1.29, 1.82) is 0 Å². The molecule has 0 saturated carbocycles. The van der Waals surface area contributed by atoms with Crippen LogP contribution in [0.15, 0.2) is 42.2 Å². The van der Waals surface area contributed by atoms with Gasteiger partial charge in [-0.2, -0.15) is 0 Å². The van der Waals surface area contributed by atoms with Crippen molar-refractivity contribution in [3.8, 4) is 0 Å². The van der Waals surface area contributed by atoms with Gasteiger partial charge in [0.15, 0.2) is 12.4 Å². The van der Waals surface area contributed by atoms with Gasteiger partial charge in [-0.15, -0.1) is 5.73 Å². The lowest BCUT2D eigenvalue weighted by molar-refractivity contribution is -0.305. The fraction of sp³-hybridized carbons (Fsp3) is 0.800. The summed E-state index contributed by atoms with van der Waals surface area (Å²) in [5.74, 6) is -0.847. The van der Waals surface area contributed by atoms with E-state index < -0.39 is 55.4 Å². The van der Waals surface area contributed by atoms with Gasteiger partial charge >= 0.3 is 11.9 Å². The number of carbonyl (C=O) groups excluding carboxylic acids is 2. The van der Waals surface area contributed by atoms with Gasteiger partial charge in [0.2, 0.25) is 0 Å². The van der Waals surface area contributed by atoms with Crippen LogP contribution in [0, 0.1) is 0 Å². The van der Waals surface area contributed by atoms with Gasteiger partial charge in [-0.3, -0.25) is 9.59 Å². The van der Waals surface area contributed by atoms with Gasteiger partial charge in [0.1, 0.15) is 31.0 Å². The van der Waals surface area contributed by atoms with E-state index in [2.05, 4.69) is 56.0 Å². The molecule has 1 heterocycles. The highest BCUT2D eigenvalue weighted by molar-refractivity contribution is 5.70. The van der Waals surface area contributed by atoms with Gasteiger partial charge < -0.3 is 39.4 Å². The number of esters is 2. The predicted octanol–water partition coefficient (Wildman–Crippen LogP) is 8.87. The Morgan fingerprint density at radius 2 is 1.11 bits per heavy atom. The van der Waals surface area contributed by atoms with Crippen molar-refractivity contribution in [2.75, 3.05) is 19.8 Å². The third-order valence-electron chi connectivity index (χ3n) is 9.80. The van der Waals surface area contributed by atoms with Crippen molar-refractivity contribution in [2.24, 2.45) is 0 Å². The lowest BCUT2D eigenvalue weighted by Gasteiger charge is -2.39. The molecular formula is C45H78O10. The van der Waals surface area contributed by atoms with Crippen LogP contribution in [-0.4, -0.2) is 89.0 Å². The fourth-order valence-corrected chi connectivity index (χ4v) is 6.27. The average molecular weight is 779 g/mol. The van der Waals surface area contributed by atoms with Crippen LogP contribution in [0.5, 0.6) is 0 Å². The molecule has 318 valence electrons. The largest absolute Gasteiger partial charge is 0.462 e. The molecule has 2 unspecified atom stereocenters. The third-order valence-corrected chi connectivity index (χ3v) is 9.80. The van der Waals surface area contributed by atoms with Gasteiger partial charge in [-0.05, 0) is 76.4 Å². The molecular weight excluding hydrogens is 700 g/mol. The van der Waals surface area contributed by atoms with E-state index in [1.807, 2.05) is 0 Å². The Hall–Kier alpha value is -2.30. The molecule has 0 aromatic heterocycles. The molecule has 0 aromatic rings. The summed E-state index contributed by atoms with van der Waals surface area (Å²) in [5, 5.41) is 40.0. The topological polar surface area (TPSA) is 152 Å². The molecule has 6 atom stereocenters. The molecule has 1 aliphatic heterocycles. The lowest BCUT2D eigenvalue weighted by Crippen LogP contribution is -2.59. The predicted molar refractivity (Wildman–Crippen MR) is 218 cm³/mol. The summed E-state index contributed by atoms with van der Waals surface area (Å²) in [6.45, 7) is 3.34. The number of hydrogen-bond donors (Lipinski definition) is 4. The highest BCUT2D eigenvalue weighted by Crippen LogP contribution is 2.22. The number of hydrogen-bond acceptors (Lipinski definition) is 10. The normalized spacial score (nSPS) is 20.4. The Bertz CT molecular complexity index is 1050. The summed E-state index contributed by atoms with van der Waals surface area (Å²) in [6, 6.07) is 0. The quantitative estimate of drug-likeness (QED) is 0.0213. The van der Waals surface area contributed by atoms with Gasteiger partial charge in [-0.25, -0.2) is 0 Å². The summed E-state index contributed by atoms with van der Waals surface area (Å²) in [5.41, 5.74) is 3.29. The summed E-state index contributed by atoms with van der Waals surface area (Å²) in [4.78, 5) is 25.3. The second-order valence-corrected chi connectivity index (χ2v) is 14.9. The maximum atomic E-state index is 12.7. The summed E-state index contributed by atoms with van der Waals surface area (Å²) < 4.78 is 22.1. The van der Waals surface area contributed by atoms with E-state index in [1.165, 1.54) is 57.8 Å². The number of aliphatic hydroxyl groups is 4. The number of aliphatic hydroxyl groups excluding tert-OH is 4. The van der Waals surface area contributed by atoms with Crippen LogP contribution < -0.4 is 0 Å². The zero-order valence-corrected chi connectivity index (χ0v) is 34.5. The van der Waals surface area contributed by atoms with Crippen LogP contribution in [0.4, 0.5) is 0 Å². The molecule has 1 aliphatic rings. The van der Waals surface area contributed by atoms with Gasteiger partial charge in [-0.1, -0.05) is 122 Å². The van der Waals surface area contributed by atoms with Crippen LogP contribution in [-0.2, 0) is 28.5 Å². The van der Waals surface area contributed by atoms with Crippen LogP contribution >= 0.6 is 0 Å². The maximum absolute atomic E-state index is 12.7. The molecule has 1 fully saturated rings. The highest BCUT2D eigenvalue weighted by Gasteiger charge is 2.44. The molecule has 10 heteroatoms. The number of carbonyl (C=O) groups is 2. The number of ether oxygens (including phenoxy) is 4. The Balaban J connectivity index is 2.38. The first-order chi connectivity index (χ1) is 26.8. The molecule has 0 aliphatic carbocycles. The maximum Gasteiger partial charge on any atom is 0.306 e. The minimum atomic E-state index is -1.60. The van der Waals surface area contributed by atoms with Crippen LogP contribution in [0.25, 0.3) is 0 Å². The molecule has 1 saturated heterocycles. The van der Waals surface area contributed by atoms with Crippen LogP contribution in [0.2, 0.25) is 0 Å². The van der Waals surface area contributed by atoms with Crippen molar-refractivity contribution in [3.05, 3.63) is 42.2 Å². The molecule has 0 aromatic carbocycles. The summed E-state index contributed by atoms with van der Waals surface area (Å²) in [6.07, 6.45) is 30.7. The van der Waals surface area contributed by atoms with Crippen molar-refractivity contribution < 1.29 is 49.0 Å². The first-order valence-corrected chi connectivity index (χ1v) is 21.8. The Morgan fingerprint density at radius 1 is 0.618 bits per heavy atom. The molecule has 0 amide bonds. The fourth-order valence-electron chi connectivity index (χ4n) is 6.27. The summed E-state index contributed by atoms with van der Waals surface area (Å²) in [7, 11) is 0. The molecule has 0 spiro atoms. The standard InChI is InChI=1S/C45H78O10/c1-3-5-7-9-11-13-15-17-19-21-23-25-27-29-31-33-40(47)52-36-38(37-53-45-44(51)43(50)42(49)39(35-46)55-45)54-41(48)34-32-30-28-26-24-22-20-18-16-14-12-10-8-6-4-2/h13,15-17,19-20,38-39,42-46,49-51H,3-12,14,21-37H2,1-2H3/b15-13+,19-17+/t18?,38-,39-,42+,43?,44?,45-/m0/s1. The van der Waals surface area contributed by atoms with Crippen molar-refractivity contribution in [2.45, 2.75) is 211 Å². The van der Waals surface area contributed by atoms with Gasteiger partial charge in [0.25, 0.3) is 0 Å². The monoisotopic (exact) mass is 779 g/mol. The van der Waals surface area contributed by atoms with E-state index in [9.17, 15) is 30.0 Å².